The minimum atomic E-state index is -2.40. The third kappa shape index (κ3) is 5.99. The van der Waals surface area contributed by atoms with Crippen LogP contribution in [0.1, 0.15) is 79.1 Å². The van der Waals surface area contributed by atoms with E-state index in [1.165, 1.54) is 61.7 Å². The molecule has 168 valence electrons. The second-order valence-electron chi connectivity index (χ2n) is 10.3. The molecule has 0 saturated heterocycles. The van der Waals surface area contributed by atoms with Gasteiger partial charge >= 0.3 is 0 Å². The van der Waals surface area contributed by atoms with E-state index in [0.717, 1.165) is 6.61 Å². The van der Waals surface area contributed by atoms with Gasteiger partial charge < -0.3 is 4.43 Å². The highest BCUT2D eigenvalue weighted by atomic mass is 28.4. The zero-order valence-electron chi connectivity index (χ0n) is 20.2. The number of hydrogen-bond donors (Lipinski definition) is 0. The van der Waals surface area contributed by atoms with Gasteiger partial charge in [0.25, 0.3) is 8.32 Å². The van der Waals surface area contributed by atoms with Crippen molar-refractivity contribution in [2.24, 2.45) is 5.92 Å². The molecule has 2 aromatic rings. The van der Waals surface area contributed by atoms with E-state index in [-0.39, 0.29) is 5.04 Å². The van der Waals surface area contributed by atoms with Gasteiger partial charge in [0.15, 0.2) is 0 Å². The van der Waals surface area contributed by atoms with E-state index in [1.54, 1.807) is 5.57 Å². The van der Waals surface area contributed by atoms with Crippen molar-refractivity contribution >= 4 is 18.7 Å². The third-order valence-electron chi connectivity index (χ3n) is 6.94. The van der Waals surface area contributed by atoms with Gasteiger partial charge in [0.2, 0.25) is 0 Å². The van der Waals surface area contributed by atoms with Crippen LogP contribution in [0, 0.1) is 5.92 Å². The first-order valence-corrected chi connectivity index (χ1v) is 14.3. The van der Waals surface area contributed by atoms with Gasteiger partial charge in [-0.05, 0) is 59.9 Å². The first-order chi connectivity index (χ1) is 15.0. The second kappa shape index (κ2) is 11.3. The monoisotopic (exact) mass is 434 g/mol. The van der Waals surface area contributed by atoms with Crippen LogP contribution < -0.4 is 10.4 Å². The van der Waals surface area contributed by atoms with Crippen LogP contribution >= 0.6 is 0 Å². The van der Waals surface area contributed by atoms with E-state index >= 15 is 0 Å². The van der Waals surface area contributed by atoms with Crippen molar-refractivity contribution in [3.63, 3.8) is 0 Å². The molecule has 0 aliphatic heterocycles. The van der Waals surface area contributed by atoms with Gasteiger partial charge in [0.05, 0.1) is 0 Å². The Balaban J connectivity index is 1.75. The lowest BCUT2D eigenvalue weighted by Crippen LogP contribution is -2.66. The molecule has 0 spiro atoms. The van der Waals surface area contributed by atoms with E-state index < -0.39 is 8.32 Å². The normalized spacial score (nSPS) is 17.5. The van der Waals surface area contributed by atoms with Crippen LogP contribution in [-0.4, -0.2) is 14.9 Å². The summed E-state index contributed by atoms with van der Waals surface area (Å²) in [7, 11) is -2.40. The Hall–Kier alpha value is -1.64. The summed E-state index contributed by atoms with van der Waals surface area (Å²) in [5.74, 6) is 0.675. The molecule has 0 unspecified atom stereocenters. The smallest absolute Gasteiger partial charge is 0.261 e. The third-order valence-corrected chi connectivity index (χ3v) is 11.9. The molecular formula is C29H42OSi. The summed E-state index contributed by atoms with van der Waals surface area (Å²) in [5, 5.41) is 2.84. The summed E-state index contributed by atoms with van der Waals surface area (Å²) < 4.78 is 7.17. The van der Waals surface area contributed by atoms with Crippen LogP contribution in [0.4, 0.5) is 0 Å². The molecule has 0 amide bonds. The molecule has 0 aromatic heterocycles. The molecule has 31 heavy (non-hydrogen) atoms. The van der Waals surface area contributed by atoms with Crippen LogP contribution in [0.3, 0.4) is 0 Å². The molecule has 0 bridgehead atoms. The lowest BCUT2D eigenvalue weighted by molar-refractivity contribution is 0.210. The molecule has 0 heterocycles. The summed E-state index contributed by atoms with van der Waals surface area (Å²) >= 11 is 0. The lowest BCUT2D eigenvalue weighted by atomic mass is 9.86. The van der Waals surface area contributed by atoms with E-state index in [1.807, 2.05) is 0 Å². The predicted molar refractivity (Wildman–Crippen MR) is 138 cm³/mol. The van der Waals surface area contributed by atoms with E-state index in [9.17, 15) is 0 Å². The number of benzene rings is 2. The minimum Gasteiger partial charge on any atom is -0.407 e. The highest BCUT2D eigenvalue weighted by Crippen LogP contribution is 2.38. The Morgan fingerprint density at radius 2 is 1.42 bits per heavy atom. The van der Waals surface area contributed by atoms with Crippen molar-refractivity contribution in [1.29, 1.82) is 0 Å². The summed E-state index contributed by atoms with van der Waals surface area (Å²) in [6, 6.07) is 22.1. The predicted octanol–water partition coefficient (Wildman–Crippen LogP) is 7.26. The fourth-order valence-corrected chi connectivity index (χ4v) is 9.77. The molecule has 2 aromatic carbocycles. The zero-order valence-corrected chi connectivity index (χ0v) is 21.2. The maximum Gasteiger partial charge on any atom is 0.261 e. The van der Waals surface area contributed by atoms with Crippen molar-refractivity contribution in [2.45, 2.75) is 84.1 Å². The number of unbranched alkanes of at least 4 members (excludes halogenated alkanes) is 3. The van der Waals surface area contributed by atoms with Crippen molar-refractivity contribution in [3.8, 4) is 0 Å². The fourth-order valence-electron chi connectivity index (χ4n) is 5.12. The average Bonchev–Trinajstić information content (AvgIpc) is 2.79. The van der Waals surface area contributed by atoms with Crippen molar-refractivity contribution in [1.82, 2.24) is 0 Å². The van der Waals surface area contributed by atoms with Gasteiger partial charge in [0, 0.05) is 6.61 Å². The first kappa shape index (κ1) is 24.0. The van der Waals surface area contributed by atoms with Gasteiger partial charge in [-0.3, -0.25) is 0 Å². The molecule has 0 atom stereocenters. The molecule has 1 nitrogen and oxygen atoms in total. The topological polar surface area (TPSA) is 9.23 Å². The SMILES string of the molecule is CCCCCC=C1CCC(CO[Si](c2ccccc2)(c2ccccc2)C(C)(C)C)CC1. The van der Waals surface area contributed by atoms with Crippen LogP contribution in [-0.2, 0) is 4.43 Å². The number of rotatable bonds is 9. The minimum absolute atomic E-state index is 0.0642. The molecular weight excluding hydrogens is 392 g/mol. The highest BCUT2D eigenvalue weighted by Gasteiger charge is 2.50. The van der Waals surface area contributed by atoms with Gasteiger partial charge in [0.1, 0.15) is 0 Å². The first-order valence-electron chi connectivity index (χ1n) is 12.4. The molecule has 1 aliphatic rings. The van der Waals surface area contributed by atoms with Crippen molar-refractivity contribution in [2.75, 3.05) is 6.61 Å². The second-order valence-corrected chi connectivity index (χ2v) is 14.6. The lowest BCUT2D eigenvalue weighted by Gasteiger charge is -2.44. The number of hydrogen-bond acceptors (Lipinski definition) is 1. The van der Waals surface area contributed by atoms with E-state index in [0.29, 0.717) is 5.92 Å². The van der Waals surface area contributed by atoms with Crippen molar-refractivity contribution in [3.05, 3.63) is 72.3 Å². The standard InChI is InChI=1S/C29H42OSi/c1-5-6-7-10-15-25-20-22-26(23-21-25)24-30-31(29(2,3)4,27-16-11-8-12-17-27)28-18-13-9-14-19-28/h8-9,11-19,26H,5-7,10,20-24H2,1-4H3. The Morgan fingerprint density at radius 3 is 1.90 bits per heavy atom. The van der Waals surface area contributed by atoms with Gasteiger partial charge in [-0.15, -0.1) is 0 Å². The molecule has 0 radical (unpaired) electrons. The van der Waals surface area contributed by atoms with Gasteiger partial charge in [-0.25, -0.2) is 0 Å². The summed E-state index contributed by atoms with van der Waals surface area (Å²) in [6.45, 7) is 10.3. The van der Waals surface area contributed by atoms with E-state index in [4.69, 9.17) is 4.43 Å². The van der Waals surface area contributed by atoms with Crippen LogP contribution in [0.2, 0.25) is 5.04 Å². The quantitative estimate of drug-likeness (QED) is 0.229. The Kier molecular flexibility index (Phi) is 8.74. The summed E-state index contributed by atoms with van der Waals surface area (Å²) in [5.41, 5.74) is 1.69. The van der Waals surface area contributed by atoms with Gasteiger partial charge in [-0.2, -0.15) is 0 Å². The molecule has 3 rings (SSSR count). The number of allylic oxidation sites excluding steroid dienone is 2. The highest BCUT2D eigenvalue weighted by molar-refractivity contribution is 6.99. The Bertz CT molecular complexity index is 754. The maximum atomic E-state index is 7.17. The fraction of sp³-hybridized carbons (Fsp3) is 0.517. The Morgan fingerprint density at radius 1 is 0.871 bits per heavy atom. The molecule has 2 heteroatoms. The maximum absolute atomic E-state index is 7.17. The molecule has 1 fully saturated rings. The summed E-state index contributed by atoms with van der Waals surface area (Å²) in [4.78, 5) is 0. The summed E-state index contributed by atoms with van der Waals surface area (Å²) in [6.07, 6.45) is 12.9. The van der Waals surface area contributed by atoms with Crippen LogP contribution in [0.25, 0.3) is 0 Å². The molecule has 1 aliphatic carbocycles. The molecule has 1 saturated carbocycles. The van der Waals surface area contributed by atoms with Crippen LogP contribution in [0.15, 0.2) is 72.3 Å². The largest absolute Gasteiger partial charge is 0.407 e. The average molecular weight is 435 g/mol. The van der Waals surface area contributed by atoms with Crippen molar-refractivity contribution < 1.29 is 4.43 Å². The van der Waals surface area contributed by atoms with Gasteiger partial charge in [-0.1, -0.05) is 113 Å². The molecule has 0 N–H and O–H groups in total. The zero-order chi connectivity index (χ0) is 22.2. The Labute approximate surface area is 192 Å². The van der Waals surface area contributed by atoms with E-state index in [2.05, 4.69) is 94.4 Å². The van der Waals surface area contributed by atoms with Crippen LogP contribution in [0.5, 0.6) is 0 Å².